The zero-order valence-corrected chi connectivity index (χ0v) is 15.5. The van der Waals surface area contributed by atoms with Crippen LogP contribution in [0.25, 0.3) is 0 Å². The Morgan fingerprint density at radius 1 is 1.40 bits per heavy atom. The fourth-order valence-corrected chi connectivity index (χ4v) is 3.33. The molecule has 134 valence electrons. The van der Waals surface area contributed by atoms with E-state index in [1.807, 2.05) is 55.6 Å². The first-order valence-electron chi connectivity index (χ1n) is 8.53. The van der Waals surface area contributed by atoms with Crippen molar-refractivity contribution < 1.29 is 14.3 Å². The predicted octanol–water partition coefficient (Wildman–Crippen LogP) is 2.65. The minimum absolute atomic E-state index is 0.0976. The highest BCUT2D eigenvalue weighted by atomic mass is 16.5. The number of methoxy groups -OCH3 is 1. The SMILES string of the molecule is COc1ccc2c(c1)N(C(=O)C(C)Cc1c(C)nn(C)c1C)CCO2. The minimum atomic E-state index is -0.140. The quantitative estimate of drug-likeness (QED) is 0.856. The third-order valence-electron chi connectivity index (χ3n) is 4.89. The summed E-state index contributed by atoms with van der Waals surface area (Å²) in [5, 5.41) is 4.45. The molecular weight excluding hydrogens is 318 g/mol. The molecule has 3 rings (SSSR count). The highest BCUT2D eigenvalue weighted by Gasteiger charge is 2.28. The maximum absolute atomic E-state index is 13.1. The monoisotopic (exact) mass is 343 g/mol. The lowest BCUT2D eigenvalue weighted by Crippen LogP contribution is -2.41. The van der Waals surface area contributed by atoms with E-state index in [1.165, 1.54) is 0 Å². The first-order chi connectivity index (χ1) is 11.9. The molecule has 1 atom stereocenters. The summed E-state index contributed by atoms with van der Waals surface area (Å²) >= 11 is 0. The summed E-state index contributed by atoms with van der Waals surface area (Å²) in [5.74, 6) is 1.40. The Hall–Kier alpha value is -2.50. The zero-order chi connectivity index (χ0) is 18.1. The Balaban J connectivity index is 1.84. The van der Waals surface area contributed by atoms with Gasteiger partial charge in [-0.15, -0.1) is 0 Å². The molecule has 1 aliphatic rings. The number of amides is 1. The van der Waals surface area contributed by atoms with Gasteiger partial charge in [0, 0.05) is 24.7 Å². The Labute approximate surface area is 148 Å². The van der Waals surface area contributed by atoms with Crippen LogP contribution >= 0.6 is 0 Å². The highest BCUT2D eigenvalue weighted by Crippen LogP contribution is 2.36. The summed E-state index contributed by atoms with van der Waals surface area (Å²) in [6, 6.07) is 5.56. The number of fused-ring (bicyclic) bond motifs is 1. The van der Waals surface area contributed by atoms with Crippen molar-refractivity contribution >= 4 is 11.6 Å². The first kappa shape index (κ1) is 17.3. The van der Waals surface area contributed by atoms with Crippen LogP contribution in [-0.2, 0) is 18.3 Å². The van der Waals surface area contributed by atoms with Crippen molar-refractivity contribution in [2.45, 2.75) is 27.2 Å². The number of benzene rings is 1. The second-order valence-electron chi connectivity index (χ2n) is 6.55. The van der Waals surface area contributed by atoms with Gasteiger partial charge in [0.2, 0.25) is 5.91 Å². The van der Waals surface area contributed by atoms with Crippen LogP contribution in [0.2, 0.25) is 0 Å². The van der Waals surface area contributed by atoms with Crippen molar-refractivity contribution in [3.8, 4) is 11.5 Å². The Bertz CT molecular complexity index is 797. The number of anilines is 1. The van der Waals surface area contributed by atoms with E-state index < -0.39 is 0 Å². The second kappa shape index (κ2) is 6.78. The Morgan fingerprint density at radius 2 is 2.16 bits per heavy atom. The third-order valence-corrected chi connectivity index (χ3v) is 4.89. The van der Waals surface area contributed by atoms with Crippen LogP contribution in [0.4, 0.5) is 5.69 Å². The molecule has 6 nitrogen and oxygen atoms in total. The van der Waals surface area contributed by atoms with Gasteiger partial charge in [0.25, 0.3) is 0 Å². The molecule has 25 heavy (non-hydrogen) atoms. The molecule has 2 heterocycles. The van der Waals surface area contributed by atoms with Crippen molar-refractivity contribution in [1.82, 2.24) is 9.78 Å². The van der Waals surface area contributed by atoms with Gasteiger partial charge in [-0.25, -0.2) is 0 Å². The fraction of sp³-hybridized carbons (Fsp3) is 0.474. The lowest BCUT2D eigenvalue weighted by molar-refractivity contribution is -0.122. The molecule has 0 bridgehead atoms. The molecule has 0 aliphatic carbocycles. The van der Waals surface area contributed by atoms with Crippen LogP contribution in [0, 0.1) is 19.8 Å². The standard InChI is InChI=1S/C19H25N3O3/c1-12(10-16-13(2)20-21(4)14(16)3)19(23)22-8-9-25-18-7-6-15(24-5)11-17(18)22/h6-7,11-12H,8-10H2,1-5H3. The molecule has 0 fully saturated rings. The predicted molar refractivity (Wildman–Crippen MR) is 96.4 cm³/mol. The maximum Gasteiger partial charge on any atom is 0.230 e. The number of aromatic nitrogens is 2. The van der Waals surface area contributed by atoms with Crippen LogP contribution in [-0.4, -0.2) is 35.9 Å². The minimum Gasteiger partial charge on any atom is -0.497 e. The van der Waals surface area contributed by atoms with Crippen molar-refractivity contribution in [2.24, 2.45) is 13.0 Å². The van der Waals surface area contributed by atoms with Gasteiger partial charge in [0.1, 0.15) is 18.1 Å². The van der Waals surface area contributed by atoms with Crippen molar-refractivity contribution in [2.75, 3.05) is 25.2 Å². The summed E-state index contributed by atoms with van der Waals surface area (Å²) in [4.78, 5) is 14.9. The second-order valence-corrected chi connectivity index (χ2v) is 6.55. The molecule has 1 unspecified atom stereocenters. The number of ether oxygens (including phenoxy) is 2. The average molecular weight is 343 g/mol. The molecule has 0 N–H and O–H groups in total. The van der Waals surface area contributed by atoms with E-state index in [0.29, 0.717) is 25.3 Å². The average Bonchev–Trinajstić information content (AvgIpc) is 2.86. The van der Waals surface area contributed by atoms with E-state index in [-0.39, 0.29) is 11.8 Å². The van der Waals surface area contributed by atoms with E-state index in [0.717, 1.165) is 28.4 Å². The summed E-state index contributed by atoms with van der Waals surface area (Å²) in [6.07, 6.45) is 0.682. The van der Waals surface area contributed by atoms with Crippen molar-refractivity contribution in [1.29, 1.82) is 0 Å². The number of carbonyl (C=O) groups is 1. The third kappa shape index (κ3) is 3.21. The topological polar surface area (TPSA) is 56.6 Å². The largest absolute Gasteiger partial charge is 0.497 e. The van der Waals surface area contributed by atoms with Gasteiger partial charge in [0.15, 0.2) is 0 Å². The molecule has 1 aliphatic heterocycles. The van der Waals surface area contributed by atoms with E-state index in [9.17, 15) is 4.79 Å². The normalized spacial score (nSPS) is 14.7. The lowest BCUT2D eigenvalue weighted by Gasteiger charge is -2.31. The molecule has 0 saturated heterocycles. The molecule has 6 heteroatoms. The number of carbonyl (C=O) groups excluding carboxylic acids is 1. The van der Waals surface area contributed by atoms with Gasteiger partial charge in [0.05, 0.1) is 25.0 Å². The highest BCUT2D eigenvalue weighted by molar-refractivity contribution is 5.97. The van der Waals surface area contributed by atoms with Crippen LogP contribution in [0.1, 0.15) is 23.9 Å². The fourth-order valence-electron chi connectivity index (χ4n) is 3.33. The number of hydrogen-bond acceptors (Lipinski definition) is 4. The summed E-state index contributed by atoms with van der Waals surface area (Å²) < 4.78 is 12.8. The maximum atomic E-state index is 13.1. The van der Waals surface area contributed by atoms with Gasteiger partial charge in [-0.3, -0.25) is 9.48 Å². The summed E-state index contributed by atoms with van der Waals surface area (Å²) in [7, 11) is 3.55. The number of hydrogen-bond donors (Lipinski definition) is 0. The van der Waals surface area contributed by atoms with Gasteiger partial charge >= 0.3 is 0 Å². The summed E-state index contributed by atoms with van der Waals surface area (Å²) in [6.45, 7) is 7.07. The summed E-state index contributed by atoms with van der Waals surface area (Å²) in [5.41, 5.74) is 4.04. The zero-order valence-electron chi connectivity index (χ0n) is 15.5. The van der Waals surface area contributed by atoms with Crippen molar-refractivity contribution in [3.05, 3.63) is 35.2 Å². The first-order valence-corrected chi connectivity index (χ1v) is 8.53. The van der Waals surface area contributed by atoms with Crippen LogP contribution < -0.4 is 14.4 Å². The van der Waals surface area contributed by atoms with Gasteiger partial charge in [-0.05, 0) is 38.0 Å². The lowest BCUT2D eigenvalue weighted by atomic mass is 9.97. The van der Waals surface area contributed by atoms with Crippen LogP contribution in [0.3, 0.4) is 0 Å². The van der Waals surface area contributed by atoms with E-state index in [2.05, 4.69) is 5.10 Å². The number of rotatable bonds is 4. The Kier molecular flexibility index (Phi) is 4.70. The van der Waals surface area contributed by atoms with Gasteiger partial charge in [-0.1, -0.05) is 6.92 Å². The molecule has 1 aromatic carbocycles. The Morgan fingerprint density at radius 3 is 2.80 bits per heavy atom. The molecule has 1 aromatic heterocycles. The van der Waals surface area contributed by atoms with Crippen molar-refractivity contribution in [3.63, 3.8) is 0 Å². The number of aryl methyl sites for hydroxylation is 2. The van der Waals surface area contributed by atoms with E-state index in [4.69, 9.17) is 9.47 Å². The van der Waals surface area contributed by atoms with Gasteiger partial charge in [-0.2, -0.15) is 5.10 Å². The molecule has 1 amide bonds. The molecule has 2 aromatic rings. The smallest absolute Gasteiger partial charge is 0.230 e. The van der Waals surface area contributed by atoms with E-state index >= 15 is 0 Å². The van der Waals surface area contributed by atoms with Crippen LogP contribution in [0.15, 0.2) is 18.2 Å². The van der Waals surface area contributed by atoms with Crippen LogP contribution in [0.5, 0.6) is 11.5 Å². The molecule has 0 radical (unpaired) electrons. The number of nitrogens with zero attached hydrogens (tertiary/aromatic N) is 3. The van der Waals surface area contributed by atoms with Gasteiger partial charge < -0.3 is 14.4 Å². The molecule has 0 spiro atoms. The molecule has 0 saturated carbocycles. The van der Waals surface area contributed by atoms with E-state index in [1.54, 1.807) is 7.11 Å². The molecular formula is C19H25N3O3.